The van der Waals surface area contributed by atoms with Gasteiger partial charge in [0.2, 0.25) is 0 Å². The van der Waals surface area contributed by atoms with Gasteiger partial charge in [0.25, 0.3) is 0 Å². The molecule has 0 radical (unpaired) electrons. The lowest BCUT2D eigenvalue weighted by Gasteiger charge is -2.10. The van der Waals surface area contributed by atoms with Crippen LogP contribution in [-0.4, -0.2) is 9.55 Å². The van der Waals surface area contributed by atoms with E-state index in [9.17, 15) is 0 Å². The highest BCUT2D eigenvalue weighted by Crippen LogP contribution is 2.26. The zero-order chi connectivity index (χ0) is 18.6. The van der Waals surface area contributed by atoms with Crippen LogP contribution >= 0.6 is 15.9 Å². The average molecular weight is 417 g/mol. The Morgan fingerprint density at radius 1 is 0.815 bits per heavy atom. The highest BCUT2D eigenvalue weighted by molar-refractivity contribution is 9.10. The van der Waals surface area contributed by atoms with Gasteiger partial charge < -0.3 is 4.57 Å². The van der Waals surface area contributed by atoms with Crippen LogP contribution in [0.4, 0.5) is 0 Å². The highest BCUT2D eigenvalue weighted by Gasteiger charge is 2.12. The number of benzene rings is 3. The second-order valence-corrected chi connectivity index (χ2v) is 7.51. The molecule has 1 aromatic heterocycles. The van der Waals surface area contributed by atoms with Crippen molar-refractivity contribution in [2.75, 3.05) is 0 Å². The number of nitrogens with zero attached hydrogens (tertiary/aromatic N) is 2. The van der Waals surface area contributed by atoms with Crippen LogP contribution in [0.25, 0.3) is 22.4 Å². The molecule has 2 nitrogen and oxygen atoms in total. The summed E-state index contributed by atoms with van der Waals surface area (Å²) in [5, 5.41) is 0. The van der Waals surface area contributed by atoms with Crippen LogP contribution in [-0.2, 0) is 13.0 Å². The summed E-state index contributed by atoms with van der Waals surface area (Å²) in [7, 11) is 0. The molecule has 4 aromatic rings. The Morgan fingerprint density at radius 3 is 2.30 bits per heavy atom. The van der Waals surface area contributed by atoms with Crippen molar-refractivity contribution in [2.45, 2.75) is 19.9 Å². The van der Waals surface area contributed by atoms with E-state index in [-0.39, 0.29) is 0 Å². The second kappa shape index (κ2) is 7.93. The monoisotopic (exact) mass is 416 g/mol. The molecule has 0 unspecified atom stereocenters. The van der Waals surface area contributed by atoms with E-state index in [0.29, 0.717) is 0 Å². The van der Waals surface area contributed by atoms with Crippen LogP contribution in [0.5, 0.6) is 0 Å². The Balaban J connectivity index is 1.65. The first-order valence-electron chi connectivity index (χ1n) is 9.19. The number of halogens is 1. The average Bonchev–Trinajstić information content (AvgIpc) is 3.12. The molecule has 4 rings (SSSR count). The van der Waals surface area contributed by atoms with Gasteiger partial charge in [0.15, 0.2) is 0 Å². The van der Waals surface area contributed by atoms with Crippen molar-refractivity contribution < 1.29 is 0 Å². The third kappa shape index (κ3) is 3.88. The first-order chi connectivity index (χ1) is 13.2. The van der Waals surface area contributed by atoms with E-state index in [1.807, 2.05) is 6.33 Å². The predicted molar refractivity (Wildman–Crippen MR) is 116 cm³/mol. The molecular weight excluding hydrogens is 396 g/mol. The Morgan fingerprint density at radius 2 is 1.56 bits per heavy atom. The van der Waals surface area contributed by atoms with Gasteiger partial charge in [0.05, 0.1) is 12.0 Å². The minimum atomic E-state index is 0.827. The number of rotatable bonds is 5. The summed E-state index contributed by atoms with van der Waals surface area (Å²) in [5.74, 6) is 0. The predicted octanol–water partition coefficient (Wildman–Crippen LogP) is 6.59. The quantitative estimate of drug-likeness (QED) is 0.358. The van der Waals surface area contributed by atoms with Gasteiger partial charge in [-0.15, -0.1) is 0 Å². The fraction of sp³-hybridized carbons (Fsp3) is 0.125. The maximum absolute atomic E-state index is 4.71. The lowest BCUT2D eigenvalue weighted by molar-refractivity contribution is 0.747. The van der Waals surface area contributed by atoms with Crippen LogP contribution in [0.2, 0.25) is 0 Å². The third-order valence-corrected chi connectivity index (χ3v) is 5.31. The zero-order valence-corrected chi connectivity index (χ0v) is 16.9. The van der Waals surface area contributed by atoms with E-state index >= 15 is 0 Å². The van der Waals surface area contributed by atoms with Crippen LogP contribution in [0, 0.1) is 0 Å². The van der Waals surface area contributed by atoms with Crippen LogP contribution in [0.1, 0.15) is 18.2 Å². The van der Waals surface area contributed by atoms with Gasteiger partial charge in [-0.1, -0.05) is 83.5 Å². The summed E-state index contributed by atoms with van der Waals surface area (Å²) >= 11 is 3.50. The van der Waals surface area contributed by atoms with Gasteiger partial charge in [0, 0.05) is 22.3 Å². The fourth-order valence-electron chi connectivity index (χ4n) is 3.44. The molecule has 0 N–H and O–H groups in total. The van der Waals surface area contributed by atoms with Crippen LogP contribution in [0.3, 0.4) is 0 Å². The molecule has 0 fully saturated rings. The molecular formula is C24H21BrN2. The van der Waals surface area contributed by atoms with Crippen molar-refractivity contribution in [1.29, 1.82) is 0 Å². The summed E-state index contributed by atoms with van der Waals surface area (Å²) in [5.41, 5.74) is 7.28. The number of aromatic nitrogens is 2. The zero-order valence-electron chi connectivity index (χ0n) is 15.3. The third-order valence-electron chi connectivity index (χ3n) is 4.79. The van der Waals surface area contributed by atoms with Crippen LogP contribution < -0.4 is 0 Å². The molecule has 0 aliphatic rings. The molecule has 0 atom stereocenters. The van der Waals surface area contributed by atoms with Crippen molar-refractivity contribution in [1.82, 2.24) is 9.55 Å². The van der Waals surface area contributed by atoms with Crippen LogP contribution in [0.15, 0.2) is 89.7 Å². The molecule has 134 valence electrons. The largest absolute Gasteiger partial charge is 0.330 e. The Kier molecular flexibility index (Phi) is 5.21. The minimum absolute atomic E-state index is 0.827. The molecule has 3 heteroatoms. The molecule has 3 aromatic carbocycles. The van der Waals surface area contributed by atoms with E-state index in [0.717, 1.165) is 28.7 Å². The highest BCUT2D eigenvalue weighted by atomic mass is 79.9. The Labute approximate surface area is 168 Å². The maximum Gasteiger partial charge on any atom is 0.0959 e. The van der Waals surface area contributed by atoms with Gasteiger partial charge in [0.1, 0.15) is 0 Å². The number of hydrogen-bond acceptors (Lipinski definition) is 1. The van der Waals surface area contributed by atoms with E-state index in [2.05, 4.69) is 106 Å². The first kappa shape index (κ1) is 17.7. The van der Waals surface area contributed by atoms with Crippen molar-refractivity contribution >= 4 is 15.9 Å². The minimum Gasteiger partial charge on any atom is -0.330 e. The molecule has 1 heterocycles. The van der Waals surface area contributed by atoms with Crippen molar-refractivity contribution in [2.24, 2.45) is 0 Å². The van der Waals surface area contributed by atoms with Crippen molar-refractivity contribution in [3.63, 3.8) is 0 Å². The second-order valence-electron chi connectivity index (χ2n) is 6.59. The van der Waals surface area contributed by atoms with Crippen molar-refractivity contribution in [3.05, 3.63) is 101 Å². The number of imidazole rings is 1. The lowest BCUT2D eigenvalue weighted by atomic mass is 10.0. The molecule has 0 saturated heterocycles. The topological polar surface area (TPSA) is 17.8 Å². The lowest BCUT2D eigenvalue weighted by Crippen LogP contribution is -2.03. The first-order valence-corrected chi connectivity index (χ1v) is 9.98. The smallest absolute Gasteiger partial charge is 0.0959 e. The summed E-state index contributed by atoms with van der Waals surface area (Å²) in [4.78, 5) is 4.71. The summed E-state index contributed by atoms with van der Waals surface area (Å²) in [6, 6.07) is 27.6. The number of hydrogen-bond donors (Lipinski definition) is 0. The Hall–Kier alpha value is -2.65. The van der Waals surface area contributed by atoms with Gasteiger partial charge >= 0.3 is 0 Å². The van der Waals surface area contributed by atoms with Gasteiger partial charge in [-0.2, -0.15) is 0 Å². The molecule has 0 amide bonds. The summed E-state index contributed by atoms with van der Waals surface area (Å²) < 4.78 is 3.35. The van der Waals surface area contributed by atoms with E-state index < -0.39 is 0 Å². The van der Waals surface area contributed by atoms with Gasteiger partial charge in [-0.05, 0) is 41.3 Å². The van der Waals surface area contributed by atoms with E-state index in [1.54, 1.807) is 0 Å². The van der Waals surface area contributed by atoms with Gasteiger partial charge in [-0.3, -0.25) is 0 Å². The SMILES string of the molecule is CCc1c(-c2ccc(Br)cc2)ncn1Cc1cccc(-c2ccccc2)c1. The van der Waals surface area contributed by atoms with E-state index in [1.165, 1.54) is 22.4 Å². The molecule has 0 aliphatic carbocycles. The summed E-state index contributed by atoms with van der Waals surface area (Å²) in [6.07, 6.45) is 2.91. The Bertz CT molecular complexity index is 1030. The normalized spacial score (nSPS) is 10.9. The molecule has 0 saturated carbocycles. The van der Waals surface area contributed by atoms with Gasteiger partial charge in [-0.25, -0.2) is 4.98 Å². The van der Waals surface area contributed by atoms with Crippen molar-refractivity contribution in [3.8, 4) is 22.4 Å². The molecule has 0 aliphatic heterocycles. The molecule has 0 bridgehead atoms. The fourth-order valence-corrected chi connectivity index (χ4v) is 3.70. The molecule has 27 heavy (non-hydrogen) atoms. The molecule has 0 spiro atoms. The summed E-state index contributed by atoms with van der Waals surface area (Å²) in [6.45, 7) is 3.02. The standard InChI is InChI=1S/C24H21BrN2/c1-2-23-24(20-11-13-22(25)14-12-20)26-17-27(23)16-18-7-6-10-21(15-18)19-8-4-3-5-9-19/h3-15,17H,2,16H2,1H3. The van der Waals surface area contributed by atoms with E-state index in [4.69, 9.17) is 4.98 Å². The maximum atomic E-state index is 4.71.